The lowest BCUT2D eigenvalue weighted by atomic mass is 10.1. The Balaban J connectivity index is 1.63. The van der Waals surface area contributed by atoms with Crippen LogP contribution < -0.4 is 4.74 Å². The smallest absolute Gasteiger partial charge is 0.345 e. The maximum atomic E-state index is 11.7. The topological polar surface area (TPSA) is 51.5 Å². The molecule has 3 rings (SSSR count). The highest BCUT2D eigenvalue weighted by atomic mass is 16.5. The molecule has 1 N–H and O–H groups in total. The first-order valence-corrected chi connectivity index (χ1v) is 11.8. The number of hydrogen-bond acceptors (Lipinski definition) is 2. The Morgan fingerprint density at radius 1 is 0.906 bits per heavy atom. The van der Waals surface area contributed by atoms with Crippen molar-refractivity contribution in [3.8, 4) is 17.0 Å². The van der Waals surface area contributed by atoms with E-state index in [1.54, 1.807) is 0 Å². The average molecular weight is 434 g/mol. The van der Waals surface area contributed by atoms with Gasteiger partial charge in [0.15, 0.2) is 6.10 Å². The van der Waals surface area contributed by atoms with E-state index in [2.05, 4.69) is 30.5 Å². The van der Waals surface area contributed by atoms with Crippen LogP contribution in [0.2, 0.25) is 0 Å². The number of unbranched alkanes of at least 4 members (excludes halogenated alkanes) is 5. The number of carbonyl (C=O) groups is 1. The number of nitrogens with zero attached hydrogens (tertiary/aromatic N) is 1. The maximum absolute atomic E-state index is 11.7. The lowest BCUT2D eigenvalue weighted by Gasteiger charge is -2.16. The van der Waals surface area contributed by atoms with E-state index in [0.717, 1.165) is 17.7 Å². The van der Waals surface area contributed by atoms with Gasteiger partial charge in [-0.25, -0.2) is 4.79 Å². The number of rotatable bonds is 13. The van der Waals surface area contributed by atoms with Crippen molar-refractivity contribution in [2.75, 3.05) is 0 Å². The number of carboxylic acid groups (broad SMARTS) is 1. The molecule has 0 aliphatic carbocycles. The molecule has 0 spiro atoms. The largest absolute Gasteiger partial charge is 0.478 e. The summed E-state index contributed by atoms with van der Waals surface area (Å²) in [6.07, 6.45) is 7.12. The second-order valence-electron chi connectivity index (χ2n) is 8.44. The molecule has 0 unspecified atom stereocenters. The molecular weight excluding hydrogens is 398 g/mol. The highest BCUT2D eigenvalue weighted by molar-refractivity contribution is 5.73. The molecular formula is C28H35NO3. The monoisotopic (exact) mass is 433 g/mol. The van der Waals surface area contributed by atoms with Gasteiger partial charge in [-0.1, -0.05) is 69.4 Å². The predicted molar refractivity (Wildman–Crippen MR) is 130 cm³/mol. The van der Waals surface area contributed by atoms with E-state index >= 15 is 0 Å². The molecule has 0 radical (unpaired) electrons. The summed E-state index contributed by atoms with van der Waals surface area (Å²) in [5.74, 6) is -0.385. The van der Waals surface area contributed by atoms with E-state index in [1.807, 2.05) is 54.6 Å². The molecule has 32 heavy (non-hydrogen) atoms. The molecule has 4 nitrogen and oxygen atoms in total. The maximum Gasteiger partial charge on any atom is 0.345 e. The van der Waals surface area contributed by atoms with E-state index in [9.17, 15) is 9.90 Å². The summed E-state index contributed by atoms with van der Waals surface area (Å²) in [7, 11) is 0. The number of aliphatic carboxylic acids is 1. The van der Waals surface area contributed by atoms with Crippen LogP contribution in [0.25, 0.3) is 11.3 Å². The summed E-state index contributed by atoms with van der Waals surface area (Å²) in [5.41, 5.74) is 4.52. The molecule has 1 aromatic heterocycles. The molecule has 0 amide bonds. The van der Waals surface area contributed by atoms with Gasteiger partial charge in [0.2, 0.25) is 0 Å². The molecule has 0 saturated carbocycles. The number of aryl methyl sites for hydroxylation is 1. The van der Waals surface area contributed by atoms with Crippen molar-refractivity contribution in [3.05, 3.63) is 78.0 Å². The zero-order chi connectivity index (χ0) is 22.8. The van der Waals surface area contributed by atoms with Crippen LogP contribution in [-0.2, 0) is 17.8 Å². The van der Waals surface area contributed by atoms with Crippen molar-refractivity contribution in [3.63, 3.8) is 0 Å². The molecule has 2 aromatic carbocycles. The highest BCUT2D eigenvalue weighted by Crippen LogP contribution is 2.26. The van der Waals surface area contributed by atoms with Gasteiger partial charge in [-0.2, -0.15) is 0 Å². The molecule has 4 heteroatoms. The number of carboxylic acids is 1. The Bertz CT molecular complexity index is 960. The minimum atomic E-state index is -0.957. The molecule has 1 atom stereocenters. The van der Waals surface area contributed by atoms with E-state index < -0.39 is 12.1 Å². The third-order valence-electron chi connectivity index (χ3n) is 5.90. The summed E-state index contributed by atoms with van der Waals surface area (Å²) < 4.78 is 8.19. The van der Waals surface area contributed by atoms with Crippen LogP contribution in [0, 0.1) is 6.92 Å². The standard InChI is InChI=1S/C28H35NO3/c1-3-4-5-6-7-11-20-29-22(2)14-19-26(29)24-15-17-25(18-16-24)32-27(28(30)31)21-23-12-9-8-10-13-23/h8-10,12-19,27H,3-7,11,20-21H2,1-2H3,(H,30,31)/t27-/m1/s1. The molecule has 0 saturated heterocycles. The fourth-order valence-corrected chi connectivity index (χ4v) is 4.04. The van der Waals surface area contributed by atoms with Gasteiger partial charge in [0.05, 0.1) is 0 Å². The Morgan fingerprint density at radius 2 is 1.59 bits per heavy atom. The number of benzene rings is 2. The van der Waals surface area contributed by atoms with E-state index in [0.29, 0.717) is 12.2 Å². The normalized spacial score (nSPS) is 11.9. The van der Waals surface area contributed by atoms with E-state index in [-0.39, 0.29) is 0 Å². The lowest BCUT2D eigenvalue weighted by Crippen LogP contribution is -2.29. The SMILES string of the molecule is CCCCCCCCn1c(C)ccc1-c1ccc(O[C@H](Cc2ccccc2)C(=O)O)cc1. The molecule has 0 fully saturated rings. The van der Waals surface area contributed by atoms with Crippen LogP contribution in [0.5, 0.6) is 5.75 Å². The zero-order valence-electron chi connectivity index (χ0n) is 19.3. The van der Waals surface area contributed by atoms with Crippen molar-refractivity contribution in [1.29, 1.82) is 0 Å². The van der Waals surface area contributed by atoms with Gasteiger partial charge in [-0.05, 0) is 60.9 Å². The van der Waals surface area contributed by atoms with Crippen LogP contribution in [0.1, 0.15) is 56.7 Å². The van der Waals surface area contributed by atoms with Crippen LogP contribution in [0.4, 0.5) is 0 Å². The summed E-state index contributed by atoms with van der Waals surface area (Å²) in [6, 6.07) is 21.7. The molecule has 0 aliphatic rings. The first-order valence-electron chi connectivity index (χ1n) is 11.8. The summed E-state index contributed by atoms with van der Waals surface area (Å²) in [4.78, 5) is 11.7. The number of ether oxygens (including phenoxy) is 1. The van der Waals surface area contributed by atoms with E-state index in [4.69, 9.17) is 4.74 Å². The van der Waals surface area contributed by atoms with Gasteiger partial charge in [0.1, 0.15) is 5.75 Å². The summed E-state index contributed by atoms with van der Waals surface area (Å²) in [5, 5.41) is 9.59. The third kappa shape index (κ3) is 6.74. The number of hydrogen-bond donors (Lipinski definition) is 1. The summed E-state index contributed by atoms with van der Waals surface area (Å²) in [6.45, 7) is 5.42. The van der Waals surface area contributed by atoms with Crippen molar-refractivity contribution in [2.45, 2.75) is 71.4 Å². The van der Waals surface area contributed by atoms with Crippen molar-refractivity contribution in [2.24, 2.45) is 0 Å². The van der Waals surface area contributed by atoms with Crippen LogP contribution in [0.15, 0.2) is 66.7 Å². The lowest BCUT2D eigenvalue weighted by molar-refractivity contribution is -0.145. The molecule has 3 aromatic rings. The molecule has 1 heterocycles. The van der Waals surface area contributed by atoms with Gasteiger partial charge in [0, 0.05) is 24.4 Å². The first-order chi connectivity index (χ1) is 15.6. The Kier molecular flexibility index (Phi) is 8.97. The fourth-order valence-electron chi connectivity index (χ4n) is 4.04. The second kappa shape index (κ2) is 12.1. The molecule has 0 aliphatic heterocycles. The Labute approximate surface area is 191 Å². The van der Waals surface area contributed by atoms with Gasteiger partial charge in [-0.3, -0.25) is 0 Å². The van der Waals surface area contributed by atoms with Crippen LogP contribution in [0.3, 0.4) is 0 Å². The van der Waals surface area contributed by atoms with Gasteiger partial charge in [-0.15, -0.1) is 0 Å². The quantitative estimate of drug-likeness (QED) is 0.298. The zero-order valence-corrected chi connectivity index (χ0v) is 19.3. The van der Waals surface area contributed by atoms with Crippen LogP contribution in [-0.4, -0.2) is 21.7 Å². The van der Waals surface area contributed by atoms with Crippen molar-refractivity contribution < 1.29 is 14.6 Å². The van der Waals surface area contributed by atoms with Gasteiger partial charge in [0.25, 0.3) is 0 Å². The van der Waals surface area contributed by atoms with E-state index in [1.165, 1.54) is 49.9 Å². The minimum Gasteiger partial charge on any atom is -0.478 e. The average Bonchev–Trinajstić information content (AvgIpc) is 3.17. The van der Waals surface area contributed by atoms with Gasteiger partial charge >= 0.3 is 5.97 Å². The first kappa shape index (κ1) is 23.6. The Morgan fingerprint density at radius 3 is 2.28 bits per heavy atom. The molecule has 0 bridgehead atoms. The third-order valence-corrected chi connectivity index (χ3v) is 5.90. The number of aromatic nitrogens is 1. The second-order valence-corrected chi connectivity index (χ2v) is 8.44. The predicted octanol–water partition coefficient (Wildman–Crippen LogP) is 6.90. The molecule has 170 valence electrons. The minimum absolute atomic E-state index is 0.332. The fraction of sp³-hybridized carbons (Fsp3) is 0.393. The highest BCUT2D eigenvalue weighted by Gasteiger charge is 2.20. The van der Waals surface area contributed by atoms with Crippen molar-refractivity contribution >= 4 is 5.97 Å². The Hall–Kier alpha value is -3.01. The van der Waals surface area contributed by atoms with Crippen molar-refractivity contribution in [1.82, 2.24) is 4.57 Å². The summed E-state index contributed by atoms with van der Waals surface area (Å²) >= 11 is 0. The van der Waals surface area contributed by atoms with Gasteiger partial charge < -0.3 is 14.4 Å². The van der Waals surface area contributed by atoms with Crippen LogP contribution >= 0.6 is 0 Å².